The Labute approximate surface area is 196 Å². The second-order valence-electron chi connectivity index (χ2n) is 8.48. The molecule has 34 heavy (non-hydrogen) atoms. The van der Waals surface area contributed by atoms with Crippen molar-refractivity contribution in [2.75, 3.05) is 18.9 Å². The van der Waals surface area contributed by atoms with Crippen molar-refractivity contribution in [2.45, 2.75) is 31.6 Å². The molecule has 9 heteroatoms. The average molecular weight is 460 g/mol. The van der Waals surface area contributed by atoms with Gasteiger partial charge in [0.1, 0.15) is 0 Å². The van der Waals surface area contributed by atoms with E-state index in [-0.39, 0.29) is 0 Å². The van der Waals surface area contributed by atoms with E-state index in [1.165, 1.54) is 25.3 Å². The van der Waals surface area contributed by atoms with Crippen LogP contribution in [0, 0.1) is 11.3 Å². The number of nitrogens with zero attached hydrogens (tertiary/aromatic N) is 3. The van der Waals surface area contributed by atoms with Crippen LogP contribution in [0.15, 0.2) is 57.7 Å². The van der Waals surface area contributed by atoms with Gasteiger partial charge < -0.3 is 15.7 Å². The van der Waals surface area contributed by atoms with E-state index in [1.54, 1.807) is 17.9 Å². The van der Waals surface area contributed by atoms with Gasteiger partial charge in [0, 0.05) is 49.0 Å². The van der Waals surface area contributed by atoms with Crippen LogP contribution in [0.5, 0.6) is 0 Å². The molecular formula is C25H29N7O2. The minimum Gasteiger partial charge on any atom is -0.384 e. The van der Waals surface area contributed by atoms with Crippen LogP contribution in [0.4, 0.5) is 5.69 Å². The summed E-state index contributed by atoms with van der Waals surface area (Å²) in [5.41, 5.74) is 3.65. The number of hydrogen-bond acceptors (Lipinski definition) is 6. The van der Waals surface area contributed by atoms with Crippen LogP contribution in [0.2, 0.25) is 0 Å². The van der Waals surface area contributed by atoms with Crippen LogP contribution in [-0.2, 0) is 0 Å². The van der Waals surface area contributed by atoms with Gasteiger partial charge in [-0.1, -0.05) is 24.8 Å². The number of aromatic nitrogens is 4. The lowest BCUT2D eigenvalue weighted by atomic mass is 10.1. The molecule has 2 saturated carbocycles. The average Bonchev–Trinajstić information content (AvgIpc) is 3.77. The van der Waals surface area contributed by atoms with Gasteiger partial charge in [0.2, 0.25) is 0 Å². The Kier molecular flexibility index (Phi) is 7.01. The first-order valence-electron chi connectivity index (χ1n) is 11.4. The van der Waals surface area contributed by atoms with E-state index >= 15 is 0 Å². The van der Waals surface area contributed by atoms with E-state index in [2.05, 4.69) is 32.0 Å². The zero-order valence-electron chi connectivity index (χ0n) is 19.2. The Bertz CT molecular complexity index is 1370. The zero-order valence-corrected chi connectivity index (χ0v) is 19.2. The molecule has 2 aliphatic rings. The summed E-state index contributed by atoms with van der Waals surface area (Å²) in [6.45, 7) is 4.79. The highest BCUT2D eigenvalue weighted by molar-refractivity contribution is 5.85. The highest BCUT2D eigenvalue weighted by Crippen LogP contribution is 2.39. The number of nitrogens with one attached hydrogen (secondary N) is 4. The van der Waals surface area contributed by atoms with Gasteiger partial charge in [-0.3, -0.25) is 14.8 Å². The molecule has 9 nitrogen and oxygen atoms in total. The van der Waals surface area contributed by atoms with E-state index < -0.39 is 11.2 Å². The molecule has 2 aliphatic carbocycles. The Morgan fingerprint density at radius 2 is 2.03 bits per heavy atom. The lowest BCUT2D eigenvalue weighted by Crippen LogP contribution is -2.27. The maximum atomic E-state index is 11.9. The molecule has 0 radical (unpaired) electrons. The molecule has 176 valence electrons. The molecule has 0 atom stereocenters. The minimum atomic E-state index is -0.539. The first-order chi connectivity index (χ1) is 16.5. The summed E-state index contributed by atoms with van der Waals surface area (Å²) >= 11 is 0. The number of H-pyrrole nitrogens is 2. The van der Waals surface area contributed by atoms with Crippen LogP contribution in [-0.4, -0.2) is 39.6 Å². The fourth-order valence-electron chi connectivity index (χ4n) is 3.68. The molecule has 2 fully saturated rings. The topological polar surface area (TPSA) is 132 Å². The summed E-state index contributed by atoms with van der Waals surface area (Å²) in [5.74, 6) is 1.32. The minimum absolute atomic E-state index is 0.315. The molecule has 0 saturated heterocycles. The first-order valence-corrected chi connectivity index (χ1v) is 11.4. The number of hydrogen-bond donors (Lipinski definition) is 4. The van der Waals surface area contributed by atoms with E-state index in [0.717, 1.165) is 47.6 Å². The third-order valence-corrected chi connectivity index (χ3v) is 5.87. The Morgan fingerprint density at radius 3 is 2.65 bits per heavy atom. The van der Waals surface area contributed by atoms with Gasteiger partial charge in [0.25, 0.3) is 5.56 Å². The van der Waals surface area contributed by atoms with Crippen molar-refractivity contribution in [3.8, 4) is 11.3 Å². The van der Waals surface area contributed by atoms with Gasteiger partial charge in [-0.05, 0) is 49.7 Å². The molecule has 4 N–H and O–H groups in total. The fraction of sp³-hybridized carbons (Fsp3) is 0.320. The largest absolute Gasteiger partial charge is 0.384 e. The standard InChI is InChI=1S/C14H15N5O2.C11H14N2/c1-3-19-12(15-2)9(8-4-5-8)6-11(18-19)10-7-16-14(21)17-13(10)20;12-7-10-3-1-2-4-11(10)13-8-9-5-6-9/h3,6-8H,1,4-5H2,2H3,(H2,16,17,20,21);1-4,7,9,12-13H,5-6,8H2. The van der Waals surface area contributed by atoms with Crippen LogP contribution in [0.25, 0.3) is 17.5 Å². The number of para-hydroxylation sites is 1. The highest BCUT2D eigenvalue weighted by Gasteiger charge is 2.27. The molecule has 0 spiro atoms. The van der Waals surface area contributed by atoms with Crippen LogP contribution in [0.3, 0.4) is 0 Å². The van der Waals surface area contributed by atoms with Crippen LogP contribution >= 0.6 is 0 Å². The lowest BCUT2D eigenvalue weighted by molar-refractivity contribution is 0.799. The van der Waals surface area contributed by atoms with Crippen molar-refractivity contribution in [1.29, 1.82) is 5.41 Å². The number of aromatic amines is 2. The fourth-order valence-corrected chi connectivity index (χ4v) is 3.68. The van der Waals surface area contributed by atoms with Gasteiger partial charge in [0.15, 0.2) is 5.49 Å². The van der Waals surface area contributed by atoms with Crippen LogP contribution in [0.1, 0.15) is 42.7 Å². The molecule has 1 aromatic carbocycles. The second-order valence-corrected chi connectivity index (χ2v) is 8.48. The predicted octanol–water partition coefficient (Wildman–Crippen LogP) is 2.94. The van der Waals surface area contributed by atoms with E-state index in [9.17, 15) is 9.59 Å². The Hall–Kier alpha value is -4.01. The van der Waals surface area contributed by atoms with E-state index in [1.807, 2.05) is 30.3 Å². The number of anilines is 1. The molecule has 0 unspecified atom stereocenters. The quantitative estimate of drug-likeness (QED) is 0.405. The van der Waals surface area contributed by atoms with Crippen molar-refractivity contribution in [2.24, 2.45) is 10.9 Å². The van der Waals surface area contributed by atoms with Crippen molar-refractivity contribution < 1.29 is 0 Å². The lowest BCUT2D eigenvalue weighted by Gasteiger charge is -2.09. The smallest absolute Gasteiger partial charge is 0.325 e. The summed E-state index contributed by atoms with van der Waals surface area (Å²) in [6, 6.07) is 9.82. The van der Waals surface area contributed by atoms with E-state index in [0.29, 0.717) is 17.2 Å². The zero-order chi connectivity index (χ0) is 24.1. The monoisotopic (exact) mass is 459 g/mol. The van der Waals surface area contributed by atoms with Crippen molar-refractivity contribution in [3.63, 3.8) is 0 Å². The summed E-state index contributed by atoms with van der Waals surface area (Å²) < 4.78 is 1.56. The van der Waals surface area contributed by atoms with Gasteiger partial charge in [-0.25, -0.2) is 9.48 Å². The predicted molar refractivity (Wildman–Crippen MR) is 134 cm³/mol. The molecule has 2 heterocycles. The van der Waals surface area contributed by atoms with Crippen molar-refractivity contribution in [1.82, 2.24) is 19.7 Å². The molecular weight excluding hydrogens is 430 g/mol. The summed E-state index contributed by atoms with van der Waals surface area (Å²) in [4.78, 5) is 32.0. The normalized spacial score (nSPS) is 15.3. The SMILES string of the molecule is C=Cn1nc(-c2c[nH]c(=O)[nH]c2=O)cc(C2CC2)c1=NC.N=Cc1ccccc1NCC1CC1. The molecule has 0 bridgehead atoms. The van der Waals surface area contributed by atoms with Crippen LogP contribution < -0.4 is 22.1 Å². The Morgan fingerprint density at radius 1 is 1.26 bits per heavy atom. The number of rotatable bonds is 7. The molecule has 3 aromatic rings. The molecule has 0 aliphatic heterocycles. The molecule has 0 amide bonds. The second kappa shape index (κ2) is 10.3. The Balaban J connectivity index is 0.000000180. The number of benzene rings is 1. The third-order valence-electron chi connectivity index (χ3n) is 5.87. The molecule has 5 rings (SSSR count). The first kappa shape index (κ1) is 23.2. The van der Waals surface area contributed by atoms with Gasteiger partial charge in [0.05, 0.1) is 11.3 Å². The molecule has 2 aromatic heterocycles. The maximum Gasteiger partial charge on any atom is 0.325 e. The van der Waals surface area contributed by atoms with Crippen molar-refractivity contribution >= 4 is 18.1 Å². The van der Waals surface area contributed by atoms with Crippen molar-refractivity contribution in [3.05, 3.63) is 80.6 Å². The summed E-state index contributed by atoms with van der Waals surface area (Å²) in [6.07, 6.45) is 9.25. The summed E-state index contributed by atoms with van der Waals surface area (Å²) in [7, 11) is 1.70. The van der Waals surface area contributed by atoms with E-state index in [4.69, 9.17) is 5.41 Å². The van der Waals surface area contributed by atoms with Gasteiger partial charge in [-0.15, -0.1) is 0 Å². The van der Waals surface area contributed by atoms with Gasteiger partial charge >= 0.3 is 5.69 Å². The van der Waals surface area contributed by atoms with Gasteiger partial charge in [-0.2, -0.15) is 5.10 Å². The third kappa shape index (κ3) is 5.48. The highest BCUT2D eigenvalue weighted by atomic mass is 16.2. The summed E-state index contributed by atoms with van der Waals surface area (Å²) in [5, 5.41) is 15.0. The maximum absolute atomic E-state index is 11.9.